The summed E-state index contributed by atoms with van der Waals surface area (Å²) in [5.41, 5.74) is 0. The van der Waals surface area contributed by atoms with Crippen molar-refractivity contribution in [1.29, 1.82) is 0 Å². The van der Waals surface area contributed by atoms with Gasteiger partial charge >= 0.3 is 0 Å². The van der Waals surface area contributed by atoms with Crippen LogP contribution < -0.4 is 0 Å². The second kappa shape index (κ2) is 3.91. The van der Waals surface area contributed by atoms with Crippen LogP contribution in [0.25, 0.3) is 0 Å². The predicted octanol–water partition coefficient (Wildman–Crippen LogP) is 0.707. The van der Waals surface area contributed by atoms with E-state index in [2.05, 4.69) is 0 Å². The summed E-state index contributed by atoms with van der Waals surface area (Å²) in [5.74, 6) is -1.60. The van der Waals surface area contributed by atoms with Crippen molar-refractivity contribution in [2.75, 3.05) is 6.61 Å². The van der Waals surface area contributed by atoms with Gasteiger partial charge in [0.15, 0.2) is 0 Å². The third-order valence-electron chi connectivity index (χ3n) is 1.11. The van der Waals surface area contributed by atoms with Crippen LogP contribution in [0.2, 0.25) is 0 Å². The molecule has 3 nitrogen and oxygen atoms in total. The molecule has 0 saturated heterocycles. The summed E-state index contributed by atoms with van der Waals surface area (Å²) in [7, 11) is 0. The van der Waals surface area contributed by atoms with Crippen LogP contribution >= 0.6 is 0 Å². The minimum absolute atomic E-state index is 0.194. The fourth-order valence-corrected chi connectivity index (χ4v) is 0.402. The molecular weight excluding hydrogens is 132 g/mol. The van der Waals surface area contributed by atoms with Gasteiger partial charge in [-0.15, -0.1) is 0 Å². The van der Waals surface area contributed by atoms with Gasteiger partial charge in [0.2, 0.25) is 0 Å². The first-order valence-corrected chi connectivity index (χ1v) is 3.56. The van der Waals surface area contributed by atoms with Crippen molar-refractivity contribution < 1.29 is 14.9 Å². The second-order valence-electron chi connectivity index (χ2n) is 2.80. The van der Waals surface area contributed by atoms with Gasteiger partial charge in [-0.05, 0) is 5.92 Å². The minimum atomic E-state index is -1.93. The van der Waals surface area contributed by atoms with E-state index in [9.17, 15) is 0 Å². The molecule has 0 bridgehead atoms. The largest absolute Gasteiger partial charge is 0.343 e. The SMILES string of the molecule is CCC(O)(O)OCC(C)C. The van der Waals surface area contributed by atoms with Crippen LogP contribution in [0.3, 0.4) is 0 Å². The summed E-state index contributed by atoms with van der Waals surface area (Å²) in [5, 5.41) is 17.8. The lowest BCUT2D eigenvalue weighted by molar-refractivity contribution is -0.341. The predicted molar refractivity (Wildman–Crippen MR) is 38.2 cm³/mol. The van der Waals surface area contributed by atoms with Crippen molar-refractivity contribution in [3.05, 3.63) is 0 Å². The highest BCUT2D eigenvalue weighted by Crippen LogP contribution is 2.08. The van der Waals surface area contributed by atoms with E-state index >= 15 is 0 Å². The van der Waals surface area contributed by atoms with E-state index < -0.39 is 5.97 Å². The molecule has 3 heteroatoms. The van der Waals surface area contributed by atoms with Gasteiger partial charge < -0.3 is 14.9 Å². The maximum atomic E-state index is 8.91. The molecule has 0 aromatic carbocycles. The Hall–Kier alpha value is -0.120. The number of rotatable bonds is 4. The first-order valence-electron chi connectivity index (χ1n) is 3.56. The van der Waals surface area contributed by atoms with Crippen molar-refractivity contribution >= 4 is 0 Å². The quantitative estimate of drug-likeness (QED) is 0.577. The maximum absolute atomic E-state index is 8.91. The molecule has 10 heavy (non-hydrogen) atoms. The number of hydrogen-bond acceptors (Lipinski definition) is 3. The minimum Gasteiger partial charge on any atom is -0.343 e. The van der Waals surface area contributed by atoms with Crippen LogP contribution in [0.5, 0.6) is 0 Å². The summed E-state index contributed by atoms with van der Waals surface area (Å²) >= 11 is 0. The molecule has 0 saturated carbocycles. The zero-order valence-electron chi connectivity index (χ0n) is 6.79. The maximum Gasteiger partial charge on any atom is 0.277 e. The average molecular weight is 148 g/mol. The molecule has 0 aliphatic carbocycles. The fraction of sp³-hybridized carbons (Fsp3) is 1.00. The summed E-state index contributed by atoms with van der Waals surface area (Å²) in [4.78, 5) is 0. The molecule has 0 spiro atoms. The molecule has 0 aliphatic rings. The summed E-state index contributed by atoms with van der Waals surface area (Å²) in [6.07, 6.45) is 0.194. The Morgan fingerprint density at radius 2 is 1.90 bits per heavy atom. The van der Waals surface area contributed by atoms with Crippen LogP contribution in [0.4, 0.5) is 0 Å². The van der Waals surface area contributed by atoms with Gasteiger partial charge in [0.05, 0.1) is 6.61 Å². The van der Waals surface area contributed by atoms with Gasteiger partial charge in [0.25, 0.3) is 5.97 Å². The molecule has 2 N–H and O–H groups in total. The fourth-order valence-electron chi connectivity index (χ4n) is 0.402. The molecule has 62 valence electrons. The van der Waals surface area contributed by atoms with Gasteiger partial charge in [0.1, 0.15) is 0 Å². The second-order valence-corrected chi connectivity index (χ2v) is 2.80. The van der Waals surface area contributed by atoms with Gasteiger partial charge in [-0.3, -0.25) is 0 Å². The summed E-state index contributed by atoms with van der Waals surface area (Å²) in [6.45, 7) is 5.93. The Bertz CT molecular complexity index is 88.9. The van der Waals surface area contributed by atoms with Gasteiger partial charge in [0, 0.05) is 6.42 Å². The molecule has 0 aliphatic heterocycles. The van der Waals surface area contributed by atoms with E-state index in [0.717, 1.165) is 0 Å². The van der Waals surface area contributed by atoms with Crippen molar-refractivity contribution in [2.24, 2.45) is 5.92 Å². The van der Waals surface area contributed by atoms with Gasteiger partial charge in [-0.25, -0.2) is 0 Å². The van der Waals surface area contributed by atoms with E-state index in [1.807, 2.05) is 13.8 Å². The lowest BCUT2D eigenvalue weighted by Gasteiger charge is -2.20. The Kier molecular flexibility index (Phi) is 3.86. The zero-order valence-corrected chi connectivity index (χ0v) is 6.79. The Balaban J connectivity index is 3.46. The van der Waals surface area contributed by atoms with Crippen molar-refractivity contribution in [2.45, 2.75) is 33.2 Å². The lowest BCUT2D eigenvalue weighted by atomic mass is 10.2. The van der Waals surface area contributed by atoms with Crippen molar-refractivity contribution in [1.82, 2.24) is 0 Å². The van der Waals surface area contributed by atoms with Crippen LogP contribution in [-0.2, 0) is 4.74 Å². The van der Waals surface area contributed by atoms with Crippen molar-refractivity contribution in [3.63, 3.8) is 0 Å². The molecule has 0 fully saturated rings. The van der Waals surface area contributed by atoms with Crippen molar-refractivity contribution in [3.8, 4) is 0 Å². The number of aliphatic hydroxyl groups is 2. The third kappa shape index (κ3) is 4.73. The highest BCUT2D eigenvalue weighted by molar-refractivity contribution is 4.47. The molecule has 0 aromatic rings. The van der Waals surface area contributed by atoms with E-state index in [4.69, 9.17) is 14.9 Å². The standard InChI is InChI=1S/C7H16O3/c1-4-7(8,9)10-5-6(2)3/h6,8-9H,4-5H2,1-3H3. The molecule has 0 heterocycles. The normalized spacial score (nSPS) is 12.6. The molecule has 0 radical (unpaired) electrons. The van der Waals surface area contributed by atoms with E-state index in [0.29, 0.717) is 12.5 Å². The van der Waals surface area contributed by atoms with Crippen LogP contribution in [0.15, 0.2) is 0 Å². The molecular formula is C7H16O3. The topological polar surface area (TPSA) is 49.7 Å². The molecule has 0 rings (SSSR count). The smallest absolute Gasteiger partial charge is 0.277 e. The highest BCUT2D eigenvalue weighted by Gasteiger charge is 2.20. The molecule has 0 atom stereocenters. The molecule has 0 amide bonds. The van der Waals surface area contributed by atoms with E-state index in [-0.39, 0.29) is 6.42 Å². The lowest BCUT2D eigenvalue weighted by Crippen LogP contribution is -2.32. The monoisotopic (exact) mass is 148 g/mol. The Labute approximate surface area is 61.6 Å². The first kappa shape index (κ1) is 9.88. The first-order chi connectivity index (χ1) is 4.48. The van der Waals surface area contributed by atoms with Gasteiger partial charge in [-0.1, -0.05) is 20.8 Å². The third-order valence-corrected chi connectivity index (χ3v) is 1.11. The average Bonchev–Trinajstić information content (AvgIpc) is 1.85. The van der Waals surface area contributed by atoms with Crippen LogP contribution in [-0.4, -0.2) is 22.8 Å². The highest BCUT2D eigenvalue weighted by atomic mass is 16.8. The molecule has 0 unspecified atom stereocenters. The summed E-state index contributed by atoms with van der Waals surface area (Å²) in [6, 6.07) is 0. The number of hydrogen-bond donors (Lipinski definition) is 2. The summed E-state index contributed by atoms with van der Waals surface area (Å²) < 4.78 is 4.75. The Morgan fingerprint density at radius 1 is 1.40 bits per heavy atom. The molecule has 0 aromatic heterocycles. The van der Waals surface area contributed by atoms with E-state index in [1.54, 1.807) is 6.92 Å². The van der Waals surface area contributed by atoms with Gasteiger partial charge in [-0.2, -0.15) is 0 Å². The van der Waals surface area contributed by atoms with Crippen LogP contribution in [0, 0.1) is 5.92 Å². The zero-order chi connectivity index (χ0) is 8.20. The Morgan fingerprint density at radius 3 is 2.20 bits per heavy atom. The van der Waals surface area contributed by atoms with E-state index in [1.165, 1.54) is 0 Å². The number of ether oxygens (including phenoxy) is 1. The van der Waals surface area contributed by atoms with Crippen LogP contribution in [0.1, 0.15) is 27.2 Å².